The van der Waals surface area contributed by atoms with Crippen LogP contribution in [0.25, 0.3) is 15.5 Å². The number of rotatable bonds is 4. The molecule has 0 fully saturated rings. The molecule has 4 rings (SSSR count). The third kappa shape index (κ3) is 4.60. The maximum Gasteiger partial charge on any atom is 0.257 e. The molecule has 0 aliphatic rings. The highest BCUT2D eigenvalue weighted by atomic mass is 127. The van der Waals surface area contributed by atoms with Crippen LogP contribution in [0.4, 0.5) is 0 Å². The van der Waals surface area contributed by atoms with Crippen LogP contribution in [0.1, 0.15) is 21.7 Å². The Bertz CT molecular complexity index is 1200. The number of nitrogens with one attached hydrogen (secondary N) is 2. The number of amides is 1. The normalized spacial score (nSPS) is 10.8. The van der Waals surface area contributed by atoms with Crippen molar-refractivity contribution in [2.75, 3.05) is 0 Å². The molecule has 7 nitrogen and oxygen atoms in total. The van der Waals surface area contributed by atoms with Gasteiger partial charge in [0.05, 0.1) is 0 Å². The van der Waals surface area contributed by atoms with E-state index in [1.54, 1.807) is 10.6 Å². The number of aromatic nitrogens is 4. The topological polar surface area (TPSA) is 84.2 Å². The molecule has 0 radical (unpaired) electrons. The van der Waals surface area contributed by atoms with E-state index < -0.39 is 0 Å². The smallest absolute Gasteiger partial charge is 0.257 e. The minimum atomic E-state index is -0.227. The van der Waals surface area contributed by atoms with Gasteiger partial charge < -0.3 is 5.32 Å². The maximum atomic E-state index is 12.2. The lowest BCUT2D eigenvalue weighted by atomic mass is 10.1. The molecule has 2 aromatic carbocycles. The standard InChI is InChI=1S/C19H15IN6OS2/c1-11-23-24-19-26(11)25-17(29-19)13-7-5-12(6-8-13)10-21-18(28)22-16(27)14-3-2-4-15(20)9-14/h2-9H,10H2,1H3,(H2,21,22,27,28). The molecule has 2 N–H and O–H groups in total. The number of benzene rings is 2. The Morgan fingerprint density at radius 2 is 2.00 bits per heavy atom. The van der Waals surface area contributed by atoms with Gasteiger partial charge in [-0.15, -0.1) is 10.2 Å². The van der Waals surface area contributed by atoms with Crippen LogP contribution >= 0.6 is 46.1 Å². The van der Waals surface area contributed by atoms with E-state index in [0.717, 1.165) is 30.5 Å². The van der Waals surface area contributed by atoms with Gasteiger partial charge in [0.25, 0.3) is 5.91 Å². The van der Waals surface area contributed by atoms with Crippen molar-refractivity contribution in [1.82, 2.24) is 30.4 Å². The van der Waals surface area contributed by atoms with Crippen molar-refractivity contribution in [3.05, 3.63) is 69.1 Å². The first-order valence-corrected chi connectivity index (χ1v) is 10.9. The van der Waals surface area contributed by atoms with Crippen molar-refractivity contribution in [2.24, 2.45) is 0 Å². The van der Waals surface area contributed by atoms with E-state index in [0.29, 0.717) is 17.2 Å². The molecule has 10 heteroatoms. The van der Waals surface area contributed by atoms with Gasteiger partial charge in [-0.25, -0.2) is 0 Å². The Hall–Kier alpha value is -2.44. The third-order valence-electron chi connectivity index (χ3n) is 4.11. The van der Waals surface area contributed by atoms with Crippen LogP contribution in [0.5, 0.6) is 0 Å². The average Bonchev–Trinajstić information content (AvgIpc) is 3.29. The Morgan fingerprint density at radius 3 is 2.72 bits per heavy atom. The molecule has 0 saturated carbocycles. The van der Waals surface area contributed by atoms with Crippen molar-refractivity contribution in [3.63, 3.8) is 0 Å². The number of carbonyl (C=O) groups excluding carboxylic acids is 1. The van der Waals surface area contributed by atoms with E-state index >= 15 is 0 Å². The van der Waals surface area contributed by atoms with Crippen molar-refractivity contribution in [1.29, 1.82) is 0 Å². The first-order chi connectivity index (χ1) is 14.0. The minimum Gasteiger partial charge on any atom is -0.358 e. The first-order valence-electron chi connectivity index (χ1n) is 8.62. The zero-order valence-electron chi connectivity index (χ0n) is 15.2. The van der Waals surface area contributed by atoms with Crippen LogP contribution in [-0.2, 0) is 6.54 Å². The molecule has 0 aliphatic heterocycles. The van der Waals surface area contributed by atoms with E-state index in [1.807, 2.05) is 49.4 Å². The molecule has 1 amide bonds. The quantitative estimate of drug-likeness (QED) is 0.308. The summed E-state index contributed by atoms with van der Waals surface area (Å²) < 4.78 is 2.74. The monoisotopic (exact) mass is 534 g/mol. The lowest BCUT2D eigenvalue weighted by Crippen LogP contribution is -2.38. The fraction of sp³-hybridized carbons (Fsp3) is 0.105. The fourth-order valence-electron chi connectivity index (χ4n) is 2.63. The lowest BCUT2D eigenvalue weighted by molar-refractivity contribution is 0.0976. The third-order valence-corrected chi connectivity index (χ3v) is 5.98. The summed E-state index contributed by atoms with van der Waals surface area (Å²) in [5.74, 6) is 0.541. The lowest BCUT2D eigenvalue weighted by Gasteiger charge is -2.10. The molecule has 29 heavy (non-hydrogen) atoms. The van der Waals surface area contributed by atoms with Gasteiger partial charge in [0, 0.05) is 21.2 Å². The molecule has 2 aromatic heterocycles. The largest absolute Gasteiger partial charge is 0.358 e. The number of hydrogen-bond donors (Lipinski definition) is 2. The molecule has 146 valence electrons. The Morgan fingerprint density at radius 1 is 1.21 bits per heavy atom. The van der Waals surface area contributed by atoms with Gasteiger partial charge in [-0.2, -0.15) is 9.61 Å². The predicted octanol–water partition coefficient (Wildman–Crippen LogP) is 3.57. The second kappa shape index (κ2) is 8.51. The summed E-state index contributed by atoms with van der Waals surface area (Å²) in [5, 5.41) is 19.6. The fourth-order valence-corrected chi connectivity index (χ4v) is 4.23. The summed E-state index contributed by atoms with van der Waals surface area (Å²) in [6.07, 6.45) is 0. The van der Waals surface area contributed by atoms with Crippen LogP contribution in [0.15, 0.2) is 48.5 Å². The first kappa shape index (κ1) is 19.9. The second-order valence-corrected chi connectivity index (χ2v) is 8.80. The molecular formula is C19H15IN6OS2. The van der Waals surface area contributed by atoms with Gasteiger partial charge in [0.1, 0.15) is 5.01 Å². The number of nitrogens with zero attached hydrogens (tertiary/aromatic N) is 4. The van der Waals surface area contributed by atoms with Crippen molar-refractivity contribution < 1.29 is 4.79 Å². The van der Waals surface area contributed by atoms with Crippen LogP contribution in [0.3, 0.4) is 0 Å². The average molecular weight is 534 g/mol. The SMILES string of the molecule is Cc1nnc2sc(-c3ccc(CNC(=S)NC(=O)c4cccc(I)c4)cc3)nn12. The van der Waals surface area contributed by atoms with Crippen LogP contribution < -0.4 is 10.6 Å². The highest BCUT2D eigenvalue weighted by Crippen LogP contribution is 2.25. The molecule has 0 unspecified atom stereocenters. The number of thiocarbonyl (C=S) groups is 1. The van der Waals surface area contributed by atoms with E-state index in [9.17, 15) is 4.79 Å². The molecule has 2 heterocycles. The molecule has 0 bridgehead atoms. The second-order valence-electron chi connectivity index (χ2n) is 6.19. The maximum absolute atomic E-state index is 12.2. The predicted molar refractivity (Wildman–Crippen MR) is 125 cm³/mol. The Balaban J connectivity index is 1.35. The Labute approximate surface area is 189 Å². The van der Waals surface area contributed by atoms with E-state index in [1.165, 1.54) is 11.3 Å². The summed E-state index contributed by atoms with van der Waals surface area (Å²) in [4.78, 5) is 13.0. The summed E-state index contributed by atoms with van der Waals surface area (Å²) in [6, 6.07) is 15.4. The van der Waals surface area contributed by atoms with Gasteiger partial charge >= 0.3 is 0 Å². The van der Waals surface area contributed by atoms with Gasteiger partial charge in [0.15, 0.2) is 10.9 Å². The molecule has 0 saturated heterocycles. The van der Waals surface area contributed by atoms with Crippen LogP contribution in [0, 0.1) is 10.5 Å². The van der Waals surface area contributed by atoms with E-state index in [2.05, 4.69) is 48.5 Å². The molecule has 0 spiro atoms. The number of aryl methyl sites for hydroxylation is 1. The zero-order chi connectivity index (χ0) is 20.4. The number of carbonyl (C=O) groups is 1. The van der Waals surface area contributed by atoms with Gasteiger partial charge in [-0.1, -0.05) is 41.7 Å². The zero-order valence-corrected chi connectivity index (χ0v) is 19.0. The van der Waals surface area contributed by atoms with Crippen LogP contribution in [-0.4, -0.2) is 30.8 Å². The summed E-state index contributed by atoms with van der Waals surface area (Å²) in [5.41, 5.74) is 2.63. The minimum absolute atomic E-state index is 0.227. The highest BCUT2D eigenvalue weighted by Gasteiger charge is 2.11. The van der Waals surface area contributed by atoms with Gasteiger partial charge in [0.2, 0.25) is 4.96 Å². The Kier molecular flexibility index (Phi) is 5.83. The number of fused-ring (bicyclic) bond motifs is 1. The molecule has 0 aliphatic carbocycles. The van der Waals surface area contributed by atoms with E-state index in [-0.39, 0.29) is 5.91 Å². The summed E-state index contributed by atoms with van der Waals surface area (Å²) >= 11 is 8.90. The number of halogens is 1. The summed E-state index contributed by atoms with van der Waals surface area (Å²) in [6.45, 7) is 2.38. The van der Waals surface area contributed by atoms with E-state index in [4.69, 9.17) is 12.2 Å². The number of hydrogen-bond acceptors (Lipinski definition) is 6. The van der Waals surface area contributed by atoms with Gasteiger partial charge in [-0.3, -0.25) is 10.1 Å². The molecular weight excluding hydrogens is 519 g/mol. The van der Waals surface area contributed by atoms with Gasteiger partial charge in [-0.05, 0) is 65.5 Å². The van der Waals surface area contributed by atoms with Crippen LogP contribution in [0.2, 0.25) is 0 Å². The molecule has 4 aromatic rings. The van der Waals surface area contributed by atoms with Crippen molar-refractivity contribution in [3.8, 4) is 10.6 Å². The molecule has 0 atom stereocenters. The van der Waals surface area contributed by atoms with Crippen molar-refractivity contribution in [2.45, 2.75) is 13.5 Å². The summed E-state index contributed by atoms with van der Waals surface area (Å²) in [7, 11) is 0. The highest BCUT2D eigenvalue weighted by molar-refractivity contribution is 14.1. The van der Waals surface area contributed by atoms with Crippen molar-refractivity contribution >= 4 is 62.1 Å².